The van der Waals surface area contributed by atoms with Gasteiger partial charge in [0.05, 0.1) is 122 Å². The molecular formula is C51H80N2O20S3. The third-order valence-electron chi connectivity index (χ3n) is 11.9. The molecule has 1 unspecified atom stereocenters. The van der Waals surface area contributed by atoms with Crippen LogP contribution in [0, 0.1) is 5.41 Å². The molecule has 5 N–H and O–H groups in total. The number of phenols is 1. The second kappa shape index (κ2) is 33.4. The van der Waals surface area contributed by atoms with E-state index in [1.54, 1.807) is 25.3 Å². The van der Waals surface area contributed by atoms with E-state index in [1.165, 1.54) is 12.1 Å². The largest absolute Gasteiger partial charge is 0.507 e. The highest BCUT2D eigenvalue weighted by atomic mass is 32.2. The van der Waals surface area contributed by atoms with Crippen molar-refractivity contribution in [3.8, 4) is 5.75 Å². The first-order valence-electron chi connectivity index (χ1n) is 25.1. The number of fused-ring (bicyclic) bond motifs is 1. The van der Waals surface area contributed by atoms with E-state index in [0.717, 1.165) is 5.57 Å². The Labute approximate surface area is 449 Å². The standard InChI is InChI=1S/C51H80N2O20S3/c1-50(2,3)44(43-15-13-41(39-47(43)54)52(19-10-38-75(60,61)62)20-23-68-28-31-72-34-33-70-26-25-66-5)11-7-6-8-12-48-51(4,18-9-37-74(57,58)59)45-40-42(76(63,64)65)14-16-46(45)53(48)21-24-69-29-32-73-36-35-71-30-27-67-22-17-49(55)56/h6,8,11-16,39-40,54H,7,9-10,17-38H2,1-5H3,(H,55,56)(H,57,58,59)(H,60,61,62)(H,63,64,65)/b8-6+,44-11+,48-12+. The highest BCUT2D eigenvalue weighted by molar-refractivity contribution is 7.86. The number of aliphatic carboxylic acids is 1. The number of hydrogen-bond donors (Lipinski definition) is 5. The summed E-state index contributed by atoms with van der Waals surface area (Å²) in [6.45, 7) is 13.4. The van der Waals surface area contributed by atoms with Crippen LogP contribution in [0.5, 0.6) is 5.75 Å². The maximum absolute atomic E-state index is 12.4. The number of nitrogens with zero attached hydrogens (tertiary/aromatic N) is 2. The first kappa shape index (κ1) is 66.2. The summed E-state index contributed by atoms with van der Waals surface area (Å²) in [5.41, 5.74) is 2.38. The third kappa shape index (κ3) is 25.2. The zero-order chi connectivity index (χ0) is 56.3. The third-order valence-corrected chi connectivity index (χ3v) is 14.4. The zero-order valence-electron chi connectivity index (χ0n) is 44.4. The Kier molecular flexibility index (Phi) is 29.1. The molecule has 0 spiro atoms. The van der Waals surface area contributed by atoms with Crippen LogP contribution in [0.3, 0.4) is 0 Å². The fraction of sp³-hybridized carbons (Fsp3) is 0.627. The lowest BCUT2D eigenvalue weighted by Crippen LogP contribution is -2.31. The maximum Gasteiger partial charge on any atom is 0.305 e. The van der Waals surface area contributed by atoms with Crippen molar-refractivity contribution < 1.29 is 91.8 Å². The molecule has 76 heavy (non-hydrogen) atoms. The molecule has 0 saturated carbocycles. The summed E-state index contributed by atoms with van der Waals surface area (Å²) >= 11 is 0. The van der Waals surface area contributed by atoms with Crippen molar-refractivity contribution in [3.63, 3.8) is 0 Å². The molecule has 0 fully saturated rings. The molecule has 22 nitrogen and oxygen atoms in total. The van der Waals surface area contributed by atoms with Gasteiger partial charge >= 0.3 is 5.97 Å². The second-order valence-electron chi connectivity index (χ2n) is 18.9. The smallest absolute Gasteiger partial charge is 0.305 e. The fourth-order valence-corrected chi connectivity index (χ4v) is 9.75. The Morgan fingerprint density at radius 3 is 1.76 bits per heavy atom. The van der Waals surface area contributed by atoms with Crippen molar-refractivity contribution in [2.24, 2.45) is 5.41 Å². The summed E-state index contributed by atoms with van der Waals surface area (Å²) < 4.78 is 144. The number of phenolic OH excluding ortho intramolecular Hbond substituents is 1. The number of methoxy groups -OCH3 is 1. The van der Waals surface area contributed by atoms with Crippen molar-refractivity contribution in [2.75, 3.05) is 147 Å². The van der Waals surface area contributed by atoms with Gasteiger partial charge in [0, 0.05) is 60.9 Å². The topological polar surface area (TPSA) is 301 Å². The monoisotopic (exact) mass is 1140 g/mol. The molecule has 2 aromatic rings. The van der Waals surface area contributed by atoms with E-state index in [4.69, 9.17) is 43.0 Å². The molecule has 2 aromatic carbocycles. The molecule has 3 rings (SSSR count). The number of rotatable bonds is 41. The molecule has 0 aliphatic carbocycles. The van der Waals surface area contributed by atoms with Crippen molar-refractivity contribution in [2.45, 2.75) is 70.1 Å². The molecule has 25 heteroatoms. The molecule has 432 valence electrons. The Morgan fingerprint density at radius 1 is 0.697 bits per heavy atom. The van der Waals surface area contributed by atoms with Gasteiger partial charge in [-0.15, -0.1) is 0 Å². The molecule has 1 aliphatic heterocycles. The van der Waals surface area contributed by atoms with Gasteiger partial charge in [-0.25, -0.2) is 0 Å². The Hall–Kier alpha value is -4.06. The van der Waals surface area contributed by atoms with Gasteiger partial charge in [0.1, 0.15) is 5.75 Å². The van der Waals surface area contributed by atoms with Crippen LogP contribution in [-0.4, -0.2) is 192 Å². The molecular weight excluding hydrogens is 1060 g/mol. The first-order chi connectivity index (χ1) is 35.9. The van der Waals surface area contributed by atoms with Crippen molar-refractivity contribution in [1.82, 2.24) is 0 Å². The van der Waals surface area contributed by atoms with E-state index in [0.29, 0.717) is 94.0 Å². The molecule has 1 heterocycles. The number of carboxylic acids is 1. The number of carbonyl (C=O) groups is 1. The van der Waals surface area contributed by atoms with E-state index < -0.39 is 58.7 Å². The summed E-state index contributed by atoms with van der Waals surface area (Å²) in [6.07, 6.45) is 8.20. The van der Waals surface area contributed by atoms with Crippen LogP contribution in [0.1, 0.15) is 70.9 Å². The van der Waals surface area contributed by atoms with Crippen LogP contribution in [0.25, 0.3) is 5.57 Å². The quantitative estimate of drug-likeness (QED) is 0.0396. The van der Waals surface area contributed by atoms with Gasteiger partial charge in [-0.2, -0.15) is 25.3 Å². The highest BCUT2D eigenvalue weighted by Crippen LogP contribution is 2.51. The number of anilines is 2. The summed E-state index contributed by atoms with van der Waals surface area (Å²) in [5.74, 6) is -1.92. The minimum Gasteiger partial charge on any atom is -0.507 e. The van der Waals surface area contributed by atoms with Gasteiger partial charge in [0.25, 0.3) is 30.4 Å². The lowest BCUT2D eigenvalue weighted by molar-refractivity contribution is -0.138. The Morgan fingerprint density at radius 2 is 1.24 bits per heavy atom. The Bertz CT molecular complexity index is 2510. The number of benzene rings is 2. The number of allylic oxidation sites excluding steroid dienone is 6. The minimum absolute atomic E-state index is 0.00694. The molecule has 1 aliphatic rings. The van der Waals surface area contributed by atoms with Crippen LogP contribution in [0.2, 0.25) is 0 Å². The first-order valence-corrected chi connectivity index (χ1v) is 29.7. The van der Waals surface area contributed by atoms with Crippen LogP contribution in [-0.2, 0) is 78.5 Å². The summed E-state index contributed by atoms with van der Waals surface area (Å²) in [5, 5.41) is 20.2. The molecule has 0 bridgehead atoms. The maximum atomic E-state index is 12.4. The van der Waals surface area contributed by atoms with Gasteiger partial charge in [-0.1, -0.05) is 39.0 Å². The van der Waals surface area contributed by atoms with Crippen molar-refractivity contribution >= 4 is 53.3 Å². The van der Waals surface area contributed by atoms with E-state index >= 15 is 0 Å². The molecule has 0 aromatic heterocycles. The minimum atomic E-state index is -4.63. The summed E-state index contributed by atoms with van der Waals surface area (Å²) in [4.78, 5) is 14.1. The van der Waals surface area contributed by atoms with Crippen LogP contribution in [0.4, 0.5) is 11.4 Å². The molecule has 0 radical (unpaired) electrons. The molecule has 0 saturated heterocycles. The van der Waals surface area contributed by atoms with Gasteiger partial charge in [-0.3, -0.25) is 18.5 Å². The van der Waals surface area contributed by atoms with Crippen LogP contribution in [0.15, 0.2) is 71.3 Å². The number of hydrogen-bond acceptors (Lipinski definition) is 18. The average molecular weight is 1140 g/mol. The van der Waals surface area contributed by atoms with Crippen LogP contribution < -0.4 is 9.80 Å². The predicted octanol–water partition coefficient (Wildman–Crippen LogP) is 5.67. The van der Waals surface area contributed by atoms with Gasteiger partial charge in [0.15, 0.2) is 0 Å². The van der Waals surface area contributed by atoms with Crippen molar-refractivity contribution in [1.29, 1.82) is 0 Å². The van der Waals surface area contributed by atoms with Crippen LogP contribution >= 0.6 is 0 Å². The number of ether oxygens (including phenoxy) is 8. The lowest BCUT2D eigenvalue weighted by atomic mass is 9.77. The van der Waals surface area contributed by atoms with Gasteiger partial charge in [-0.05, 0) is 85.6 Å². The number of carboxylic acid groups (broad SMARTS) is 1. The predicted molar refractivity (Wildman–Crippen MR) is 287 cm³/mol. The van der Waals surface area contributed by atoms with E-state index in [-0.39, 0.29) is 95.7 Å². The lowest BCUT2D eigenvalue weighted by Gasteiger charge is -2.30. The molecule has 1 atom stereocenters. The molecule has 0 amide bonds. The Balaban J connectivity index is 1.82. The van der Waals surface area contributed by atoms with E-state index in [2.05, 4.69) is 0 Å². The average Bonchev–Trinajstić information content (AvgIpc) is 3.55. The SMILES string of the molecule is COCCOCCOCCOCCN(CCCS(=O)(=O)O)c1ccc(/C(=C\C/C=C/C=C2/N(CCOCCOCCOCCOCCC(=O)O)c3ccc(S(=O)(=O)O)cc3C2(C)CCCS(=O)(=O)O)C(C)(C)C)c(O)c1. The highest BCUT2D eigenvalue weighted by Gasteiger charge is 2.44. The van der Waals surface area contributed by atoms with Crippen molar-refractivity contribution in [3.05, 3.63) is 77.5 Å². The number of aromatic hydroxyl groups is 1. The normalized spacial score (nSPS) is 16.1. The summed E-state index contributed by atoms with van der Waals surface area (Å²) in [7, 11) is -11.6. The fourth-order valence-electron chi connectivity index (χ4n) is 8.24. The van der Waals surface area contributed by atoms with Gasteiger partial charge < -0.3 is 57.9 Å². The summed E-state index contributed by atoms with van der Waals surface area (Å²) in [6, 6.07) is 9.48. The van der Waals surface area contributed by atoms with Gasteiger partial charge in [0.2, 0.25) is 0 Å². The van der Waals surface area contributed by atoms with E-state index in [1.807, 2.05) is 67.9 Å². The zero-order valence-corrected chi connectivity index (χ0v) is 46.9. The van der Waals surface area contributed by atoms with E-state index in [9.17, 15) is 48.8 Å². The second-order valence-corrected chi connectivity index (χ2v) is 23.4.